The highest BCUT2D eigenvalue weighted by Crippen LogP contribution is 2.29. The van der Waals surface area contributed by atoms with Crippen LogP contribution in [0.2, 0.25) is 0 Å². The van der Waals surface area contributed by atoms with E-state index in [9.17, 15) is 19.5 Å². The Labute approximate surface area is 269 Å². The fraction of sp³-hybridized carbons (Fsp3) is 0.270. The summed E-state index contributed by atoms with van der Waals surface area (Å²) in [5.41, 5.74) is 3.53. The van der Waals surface area contributed by atoms with Crippen LogP contribution in [0.15, 0.2) is 115 Å². The number of carbonyl (C=O) groups excluding carboxylic acids is 3. The molecule has 1 saturated heterocycles. The van der Waals surface area contributed by atoms with E-state index in [2.05, 4.69) is 58.7 Å². The van der Waals surface area contributed by atoms with E-state index in [4.69, 9.17) is 9.47 Å². The van der Waals surface area contributed by atoms with Crippen LogP contribution >= 0.6 is 0 Å². The largest absolute Gasteiger partial charge is 0.484 e. The topological polar surface area (TPSA) is 108 Å². The minimum absolute atomic E-state index is 0.103. The van der Waals surface area contributed by atoms with Crippen molar-refractivity contribution < 1.29 is 29.0 Å². The Bertz CT molecular complexity index is 1540. The van der Waals surface area contributed by atoms with Gasteiger partial charge in [-0.1, -0.05) is 97.1 Å². The minimum Gasteiger partial charge on any atom is -0.484 e. The van der Waals surface area contributed by atoms with Crippen molar-refractivity contribution in [1.29, 1.82) is 0 Å². The number of piperazine rings is 1. The zero-order valence-corrected chi connectivity index (χ0v) is 25.8. The normalized spacial score (nSPS) is 14.7. The lowest BCUT2D eigenvalue weighted by atomic mass is 9.96. The van der Waals surface area contributed by atoms with Gasteiger partial charge in [-0.15, -0.1) is 0 Å². The van der Waals surface area contributed by atoms with Crippen LogP contribution in [0.25, 0.3) is 0 Å². The van der Waals surface area contributed by atoms with E-state index in [1.54, 1.807) is 18.2 Å². The SMILES string of the molecule is COC(=O)[C@H](O)[C@H](Cc1ccccc1)NC(=O)c1cccc(OCC(=O)N2CCN(C(c3ccccc3)c3ccccc3)CC2)c1. The molecule has 4 aromatic rings. The quantitative estimate of drug-likeness (QED) is 0.231. The van der Waals surface area contributed by atoms with Gasteiger partial charge in [0.2, 0.25) is 0 Å². The van der Waals surface area contributed by atoms with Gasteiger partial charge in [0.1, 0.15) is 5.75 Å². The summed E-state index contributed by atoms with van der Waals surface area (Å²) in [5, 5.41) is 13.3. The third kappa shape index (κ3) is 8.38. The number of aliphatic hydroxyl groups excluding tert-OH is 1. The molecule has 1 aliphatic heterocycles. The van der Waals surface area contributed by atoms with Gasteiger partial charge in [-0.2, -0.15) is 0 Å². The Balaban J connectivity index is 1.17. The second kappa shape index (κ2) is 15.8. The van der Waals surface area contributed by atoms with Crippen LogP contribution in [0.3, 0.4) is 0 Å². The van der Waals surface area contributed by atoms with E-state index in [1.807, 2.05) is 47.4 Å². The van der Waals surface area contributed by atoms with E-state index >= 15 is 0 Å². The maximum atomic E-state index is 13.2. The summed E-state index contributed by atoms with van der Waals surface area (Å²) >= 11 is 0. The van der Waals surface area contributed by atoms with Crippen molar-refractivity contribution in [3.63, 3.8) is 0 Å². The lowest BCUT2D eigenvalue weighted by Crippen LogP contribution is -2.51. The molecule has 4 aromatic carbocycles. The number of nitrogens with zero attached hydrogens (tertiary/aromatic N) is 2. The zero-order valence-electron chi connectivity index (χ0n) is 25.8. The fourth-order valence-corrected chi connectivity index (χ4v) is 5.72. The smallest absolute Gasteiger partial charge is 0.336 e. The third-order valence-corrected chi connectivity index (χ3v) is 8.16. The molecule has 1 heterocycles. The summed E-state index contributed by atoms with van der Waals surface area (Å²) in [6.45, 7) is 2.43. The van der Waals surface area contributed by atoms with Gasteiger partial charge in [-0.3, -0.25) is 14.5 Å². The van der Waals surface area contributed by atoms with Gasteiger partial charge in [0.25, 0.3) is 11.8 Å². The van der Waals surface area contributed by atoms with Crippen molar-refractivity contribution >= 4 is 17.8 Å². The first kappa shape index (κ1) is 32.4. The molecule has 0 aromatic heterocycles. The Hall–Kier alpha value is -4.99. The summed E-state index contributed by atoms with van der Waals surface area (Å²) in [6, 6.07) is 35.7. The summed E-state index contributed by atoms with van der Waals surface area (Å²) in [4.78, 5) is 42.6. The van der Waals surface area contributed by atoms with Crippen LogP contribution in [0.5, 0.6) is 5.75 Å². The molecule has 1 fully saturated rings. The van der Waals surface area contributed by atoms with Crippen LogP contribution in [-0.4, -0.2) is 84.7 Å². The Kier molecular flexibility index (Phi) is 11.2. The molecular weight excluding hydrogens is 582 g/mol. The van der Waals surface area contributed by atoms with Crippen LogP contribution in [0, 0.1) is 0 Å². The van der Waals surface area contributed by atoms with Crippen molar-refractivity contribution in [3.05, 3.63) is 138 Å². The molecule has 2 amide bonds. The number of amides is 2. The predicted octanol–water partition coefficient (Wildman–Crippen LogP) is 3.87. The molecule has 0 aliphatic carbocycles. The van der Waals surface area contributed by atoms with Crippen molar-refractivity contribution in [2.75, 3.05) is 39.9 Å². The molecule has 1 aliphatic rings. The molecule has 9 nitrogen and oxygen atoms in total. The number of hydrogen-bond donors (Lipinski definition) is 2. The molecule has 5 rings (SSSR count). The molecule has 0 unspecified atom stereocenters. The van der Waals surface area contributed by atoms with Crippen molar-refractivity contribution in [2.45, 2.75) is 24.6 Å². The molecule has 2 N–H and O–H groups in total. The van der Waals surface area contributed by atoms with Crippen molar-refractivity contribution in [2.24, 2.45) is 0 Å². The lowest BCUT2D eigenvalue weighted by Gasteiger charge is -2.39. The molecule has 9 heteroatoms. The summed E-state index contributed by atoms with van der Waals surface area (Å²) in [5.74, 6) is -1.10. The van der Waals surface area contributed by atoms with Gasteiger partial charge < -0.3 is 24.8 Å². The molecular formula is C37H39N3O6. The molecule has 238 valence electrons. The average molecular weight is 622 g/mol. The number of ether oxygens (including phenoxy) is 2. The van der Waals surface area contributed by atoms with E-state index in [0.29, 0.717) is 18.8 Å². The Morgan fingerprint density at radius 3 is 1.96 bits per heavy atom. The number of methoxy groups -OCH3 is 1. The highest BCUT2D eigenvalue weighted by molar-refractivity contribution is 5.95. The summed E-state index contributed by atoms with van der Waals surface area (Å²) < 4.78 is 10.5. The van der Waals surface area contributed by atoms with Crippen molar-refractivity contribution in [1.82, 2.24) is 15.1 Å². The molecule has 2 atom stereocenters. The monoisotopic (exact) mass is 621 g/mol. The van der Waals surface area contributed by atoms with Gasteiger partial charge in [0.15, 0.2) is 12.7 Å². The average Bonchev–Trinajstić information content (AvgIpc) is 3.11. The highest BCUT2D eigenvalue weighted by atomic mass is 16.5. The number of nitrogens with one attached hydrogen (secondary N) is 1. The molecule has 0 radical (unpaired) electrons. The highest BCUT2D eigenvalue weighted by Gasteiger charge is 2.30. The number of aliphatic hydroxyl groups is 1. The number of esters is 1. The number of rotatable bonds is 12. The van der Waals surface area contributed by atoms with E-state index in [0.717, 1.165) is 18.7 Å². The minimum atomic E-state index is -1.55. The van der Waals surface area contributed by atoms with Crippen LogP contribution in [0.4, 0.5) is 0 Å². The predicted molar refractivity (Wildman–Crippen MR) is 174 cm³/mol. The first-order chi connectivity index (χ1) is 22.4. The second-order valence-corrected chi connectivity index (χ2v) is 11.2. The number of carbonyl (C=O) groups is 3. The third-order valence-electron chi connectivity index (χ3n) is 8.16. The summed E-state index contributed by atoms with van der Waals surface area (Å²) in [6.07, 6.45) is -1.33. The van der Waals surface area contributed by atoms with E-state index in [1.165, 1.54) is 24.3 Å². The second-order valence-electron chi connectivity index (χ2n) is 11.2. The molecule has 0 spiro atoms. The van der Waals surface area contributed by atoms with Crippen LogP contribution < -0.4 is 10.1 Å². The van der Waals surface area contributed by atoms with Gasteiger partial charge in [-0.05, 0) is 41.3 Å². The van der Waals surface area contributed by atoms with E-state index in [-0.39, 0.29) is 30.5 Å². The summed E-state index contributed by atoms with van der Waals surface area (Å²) in [7, 11) is 1.18. The van der Waals surface area contributed by atoms with Gasteiger partial charge in [-0.25, -0.2) is 4.79 Å². The molecule has 0 bridgehead atoms. The lowest BCUT2D eigenvalue weighted by molar-refractivity contribution is -0.151. The van der Waals surface area contributed by atoms with Gasteiger partial charge in [0, 0.05) is 31.7 Å². The zero-order chi connectivity index (χ0) is 32.3. The van der Waals surface area contributed by atoms with Crippen LogP contribution in [0.1, 0.15) is 33.1 Å². The molecule has 0 saturated carbocycles. The Morgan fingerprint density at radius 1 is 0.783 bits per heavy atom. The van der Waals surface area contributed by atoms with Gasteiger partial charge >= 0.3 is 5.97 Å². The number of benzene rings is 4. The fourth-order valence-electron chi connectivity index (χ4n) is 5.72. The first-order valence-corrected chi connectivity index (χ1v) is 15.4. The van der Waals surface area contributed by atoms with E-state index < -0.39 is 24.0 Å². The van der Waals surface area contributed by atoms with Gasteiger partial charge in [0.05, 0.1) is 19.2 Å². The maximum absolute atomic E-state index is 13.2. The number of hydrogen-bond acceptors (Lipinski definition) is 7. The maximum Gasteiger partial charge on any atom is 0.336 e. The van der Waals surface area contributed by atoms with Crippen molar-refractivity contribution in [3.8, 4) is 5.75 Å². The standard InChI is InChI=1S/C37H39N3O6/c1-45-37(44)35(42)32(24-27-12-5-2-6-13-27)38-36(43)30-18-11-19-31(25-30)46-26-33(41)39-20-22-40(23-21-39)34(28-14-7-3-8-15-28)29-16-9-4-10-17-29/h2-19,25,32,34-35,42H,20-24,26H2,1H3,(H,38,43)/t32-,35+/m0/s1. The Morgan fingerprint density at radius 2 is 1.37 bits per heavy atom. The van der Waals surface area contributed by atoms with Crippen LogP contribution in [-0.2, 0) is 20.7 Å². The molecule has 46 heavy (non-hydrogen) atoms. The first-order valence-electron chi connectivity index (χ1n) is 15.4.